The van der Waals surface area contributed by atoms with E-state index in [4.69, 9.17) is 0 Å². The Morgan fingerprint density at radius 2 is 2.12 bits per heavy atom. The van der Waals surface area contributed by atoms with E-state index in [1.54, 1.807) is 6.20 Å². The number of benzene rings is 1. The summed E-state index contributed by atoms with van der Waals surface area (Å²) < 4.78 is 0. The minimum Gasteiger partial charge on any atom is -0.331 e. The van der Waals surface area contributed by atoms with Crippen LogP contribution in [0.3, 0.4) is 0 Å². The second-order valence-corrected chi connectivity index (χ2v) is 3.38. The third kappa shape index (κ3) is 2.57. The van der Waals surface area contributed by atoms with Gasteiger partial charge in [0.15, 0.2) is 0 Å². The van der Waals surface area contributed by atoms with Crippen LogP contribution in [-0.4, -0.2) is 23.8 Å². The quantitative estimate of drug-likeness (QED) is 0.784. The van der Waals surface area contributed by atoms with Gasteiger partial charge in [-0.2, -0.15) is 0 Å². The zero-order chi connectivity index (χ0) is 12.1. The summed E-state index contributed by atoms with van der Waals surface area (Å²) in [5.41, 5.74) is 0. The highest BCUT2D eigenvalue weighted by atomic mass is 16.2. The van der Waals surface area contributed by atoms with Gasteiger partial charge in [-0.3, -0.25) is 5.32 Å². The molecule has 2 rings (SSSR count). The molecule has 17 heavy (non-hydrogen) atoms. The molecule has 0 fully saturated rings. The van der Waals surface area contributed by atoms with Crippen LogP contribution in [0.4, 0.5) is 10.6 Å². The van der Waals surface area contributed by atoms with Gasteiger partial charge < -0.3 is 10.1 Å². The molecule has 0 radical (unpaired) electrons. The number of hydrogen-bond donors (Lipinski definition) is 2. The number of amides is 2. The number of nitrogens with zero attached hydrogens (tertiary/aromatic N) is 1. The molecule has 0 saturated heterocycles. The van der Waals surface area contributed by atoms with Crippen molar-refractivity contribution in [1.29, 1.82) is 0 Å². The van der Waals surface area contributed by atoms with Gasteiger partial charge in [-0.05, 0) is 11.5 Å². The first-order valence-corrected chi connectivity index (χ1v) is 5.13. The number of aromatic nitrogens is 1. The smallest absolute Gasteiger partial charge is 0.320 e. The molecule has 0 saturated carbocycles. The number of carbonyl (C=O) groups excluding carboxylic acids is 2. The molecule has 1 aromatic carbocycles. The SMILES string of the molecule is O=CCNC(=O)Nc1nccc2ccccc12. The summed E-state index contributed by atoms with van der Waals surface area (Å²) in [4.78, 5) is 25.6. The van der Waals surface area contributed by atoms with Crippen LogP contribution < -0.4 is 10.6 Å². The highest BCUT2D eigenvalue weighted by molar-refractivity contribution is 5.99. The monoisotopic (exact) mass is 229 g/mol. The fourth-order valence-corrected chi connectivity index (χ4v) is 1.51. The maximum absolute atomic E-state index is 11.4. The van der Waals surface area contributed by atoms with E-state index in [1.165, 1.54) is 0 Å². The summed E-state index contributed by atoms with van der Waals surface area (Å²) in [6.07, 6.45) is 2.24. The summed E-state index contributed by atoms with van der Waals surface area (Å²) in [6, 6.07) is 9.02. The minimum atomic E-state index is -0.444. The normalized spacial score (nSPS) is 9.88. The molecule has 1 aromatic heterocycles. The Morgan fingerprint density at radius 1 is 1.29 bits per heavy atom. The van der Waals surface area contributed by atoms with Crippen molar-refractivity contribution in [3.05, 3.63) is 36.5 Å². The lowest BCUT2D eigenvalue weighted by Crippen LogP contribution is -2.30. The zero-order valence-electron chi connectivity index (χ0n) is 9.01. The molecule has 2 N–H and O–H groups in total. The van der Waals surface area contributed by atoms with Crippen LogP contribution in [0.15, 0.2) is 36.5 Å². The van der Waals surface area contributed by atoms with Crippen LogP contribution in [0.5, 0.6) is 0 Å². The highest BCUT2D eigenvalue weighted by Gasteiger charge is 2.05. The topological polar surface area (TPSA) is 71.1 Å². The van der Waals surface area contributed by atoms with Gasteiger partial charge in [0.1, 0.15) is 12.1 Å². The minimum absolute atomic E-state index is 0.0173. The van der Waals surface area contributed by atoms with Gasteiger partial charge in [0, 0.05) is 11.6 Å². The summed E-state index contributed by atoms with van der Waals surface area (Å²) in [5.74, 6) is 0.478. The van der Waals surface area contributed by atoms with Crippen molar-refractivity contribution in [2.45, 2.75) is 0 Å². The van der Waals surface area contributed by atoms with E-state index in [2.05, 4.69) is 15.6 Å². The van der Waals surface area contributed by atoms with E-state index in [-0.39, 0.29) is 6.54 Å². The Kier molecular flexibility index (Phi) is 3.30. The highest BCUT2D eigenvalue weighted by Crippen LogP contribution is 2.19. The van der Waals surface area contributed by atoms with Gasteiger partial charge in [0.05, 0.1) is 6.54 Å². The Bertz CT molecular complexity index is 549. The largest absolute Gasteiger partial charge is 0.331 e. The molecular weight excluding hydrogens is 218 g/mol. The van der Waals surface area contributed by atoms with Crippen LogP contribution in [0.25, 0.3) is 10.8 Å². The first-order valence-electron chi connectivity index (χ1n) is 5.13. The fourth-order valence-electron chi connectivity index (χ4n) is 1.51. The maximum atomic E-state index is 11.4. The van der Waals surface area contributed by atoms with E-state index >= 15 is 0 Å². The molecule has 0 aliphatic heterocycles. The molecule has 0 spiro atoms. The van der Waals surface area contributed by atoms with Crippen molar-refractivity contribution in [3.8, 4) is 0 Å². The van der Waals surface area contributed by atoms with Gasteiger partial charge in [-0.15, -0.1) is 0 Å². The van der Waals surface area contributed by atoms with Crippen molar-refractivity contribution < 1.29 is 9.59 Å². The summed E-state index contributed by atoms with van der Waals surface area (Å²) in [7, 11) is 0. The van der Waals surface area contributed by atoms with Crippen molar-refractivity contribution >= 4 is 28.9 Å². The van der Waals surface area contributed by atoms with Crippen molar-refractivity contribution in [1.82, 2.24) is 10.3 Å². The first-order chi connectivity index (χ1) is 8.31. The number of anilines is 1. The fraction of sp³-hybridized carbons (Fsp3) is 0.0833. The van der Waals surface area contributed by atoms with E-state index < -0.39 is 6.03 Å². The van der Waals surface area contributed by atoms with Crippen LogP contribution >= 0.6 is 0 Å². The lowest BCUT2D eigenvalue weighted by molar-refractivity contribution is -0.107. The Labute approximate surface area is 97.9 Å². The number of aldehydes is 1. The number of rotatable bonds is 3. The standard InChI is InChI=1S/C12H11N3O2/c16-8-7-14-12(17)15-11-10-4-2-1-3-9(10)5-6-13-11/h1-6,8H,7H2,(H2,13,14,15,17). The van der Waals surface area contributed by atoms with Gasteiger partial charge in [0.25, 0.3) is 0 Å². The van der Waals surface area contributed by atoms with Crippen LogP contribution in [0, 0.1) is 0 Å². The number of hydrogen-bond acceptors (Lipinski definition) is 3. The third-order valence-electron chi connectivity index (χ3n) is 2.25. The molecule has 0 aliphatic rings. The number of urea groups is 1. The summed E-state index contributed by atoms with van der Waals surface area (Å²) in [6.45, 7) is -0.0173. The van der Waals surface area contributed by atoms with Gasteiger partial charge >= 0.3 is 6.03 Å². The molecule has 1 heterocycles. The van der Waals surface area contributed by atoms with Crippen LogP contribution in [0.1, 0.15) is 0 Å². The molecule has 2 aromatic rings. The predicted octanol–water partition coefficient (Wildman–Crippen LogP) is 1.56. The number of nitrogens with one attached hydrogen (secondary N) is 2. The van der Waals surface area contributed by atoms with Gasteiger partial charge in [-0.25, -0.2) is 9.78 Å². The van der Waals surface area contributed by atoms with E-state index in [9.17, 15) is 9.59 Å². The second-order valence-electron chi connectivity index (χ2n) is 3.38. The molecule has 0 atom stereocenters. The zero-order valence-corrected chi connectivity index (χ0v) is 9.01. The van der Waals surface area contributed by atoms with Crippen molar-refractivity contribution in [2.75, 3.05) is 11.9 Å². The average molecular weight is 229 g/mol. The van der Waals surface area contributed by atoms with E-state index in [0.29, 0.717) is 12.1 Å². The molecule has 2 amide bonds. The summed E-state index contributed by atoms with van der Waals surface area (Å²) >= 11 is 0. The molecule has 0 unspecified atom stereocenters. The second kappa shape index (κ2) is 5.07. The number of carbonyl (C=O) groups is 2. The molecule has 0 aliphatic carbocycles. The Hall–Kier alpha value is -2.43. The molecule has 5 heteroatoms. The Morgan fingerprint density at radius 3 is 2.94 bits per heavy atom. The van der Waals surface area contributed by atoms with Crippen molar-refractivity contribution in [2.24, 2.45) is 0 Å². The van der Waals surface area contributed by atoms with Gasteiger partial charge in [-0.1, -0.05) is 24.3 Å². The maximum Gasteiger partial charge on any atom is 0.320 e. The first kappa shape index (κ1) is 11.1. The van der Waals surface area contributed by atoms with Crippen LogP contribution in [-0.2, 0) is 4.79 Å². The molecule has 0 bridgehead atoms. The lowest BCUT2D eigenvalue weighted by atomic mass is 10.1. The van der Waals surface area contributed by atoms with Crippen LogP contribution in [0.2, 0.25) is 0 Å². The lowest BCUT2D eigenvalue weighted by Gasteiger charge is -2.07. The summed E-state index contributed by atoms with van der Waals surface area (Å²) in [5, 5.41) is 6.84. The third-order valence-corrected chi connectivity index (χ3v) is 2.25. The predicted molar refractivity (Wildman–Crippen MR) is 64.8 cm³/mol. The van der Waals surface area contributed by atoms with E-state index in [1.807, 2.05) is 30.3 Å². The average Bonchev–Trinajstić information content (AvgIpc) is 2.37. The number of pyridine rings is 1. The van der Waals surface area contributed by atoms with Crippen molar-refractivity contribution in [3.63, 3.8) is 0 Å². The Balaban J connectivity index is 2.23. The molecular formula is C12H11N3O2. The molecule has 5 nitrogen and oxygen atoms in total. The number of fused-ring (bicyclic) bond motifs is 1. The molecule has 86 valence electrons. The van der Waals surface area contributed by atoms with E-state index in [0.717, 1.165) is 10.8 Å². The van der Waals surface area contributed by atoms with Gasteiger partial charge in [0.2, 0.25) is 0 Å².